The molecule has 278 valence electrons. The number of nitrogens with one attached hydrogen (secondary N) is 9. The normalized spacial score (nSPS) is 21.5. The van der Waals surface area contributed by atoms with E-state index in [9.17, 15) is 46.9 Å². The summed E-state index contributed by atoms with van der Waals surface area (Å²) in [6.45, 7) is 0. The van der Waals surface area contributed by atoms with Crippen LogP contribution < -0.4 is 55.5 Å². The molecule has 19 nitrogen and oxygen atoms in total. The van der Waals surface area contributed by atoms with Crippen molar-refractivity contribution in [2.75, 3.05) is 0 Å². The molecule has 9 fully saturated rings. The van der Waals surface area contributed by atoms with E-state index in [2.05, 4.69) is 0 Å². The van der Waals surface area contributed by atoms with E-state index in [1.54, 1.807) is 0 Å². The van der Waals surface area contributed by atoms with Crippen LogP contribution in [0.15, 0.2) is 0 Å². The summed E-state index contributed by atoms with van der Waals surface area (Å²) in [5, 5.41) is 85.0. The molecule has 22 heteroatoms. The van der Waals surface area contributed by atoms with Gasteiger partial charge in [-0.05, 0) is 170 Å². The van der Waals surface area contributed by atoms with Gasteiger partial charge in [0.1, 0.15) is 0 Å². The molecule has 0 aliphatic heterocycles. The Morgan fingerprint density at radius 2 is 0.265 bits per heavy atom. The first kappa shape index (κ1) is 56.6. The van der Waals surface area contributed by atoms with Gasteiger partial charge in [0, 0.05) is 0 Å². The van der Waals surface area contributed by atoms with Crippen LogP contribution in [0.2, 0.25) is 0 Å². The second kappa shape index (κ2) is 37.2. The van der Waals surface area contributed by atoms with E-state index in [-0.39, 0.29) is 58.2 Å². The van der Waals surface area contributed by atoms with Crippen molar-refractivity contribution in [3.8, 4) is 0 Å². The van der Waals surface area contributed by atoms with Crippen LogP contribution in [-0.4, -0.2) is 106 Å². The van der Waals surface area contributed by atoms with E-state index in [0.29, 0.717) is 54.4 Å². The van der Waals surface area contributed by atoms with E-state index in [1.807, 2.05) is 49.3 Å². The first-order chi connectivity index (χ1) is 21.9. The molecule has 0 saturated heterocycles. The predicted molar refractivity (Wildman–Crippen MR) is 198 cm³/mol. The molecular weight excluding hydrogens is 689 g/mol. The Bertz CT molecular complexity index is 495. The minimum atomic E-state index is 0. The summed E-state index contributed by atoms with van der Waals surface area (Å²) in [6, 6.07) is 2.96. The van der Waals surface area contributed by atoms with Gasteiger partial charge in [-0.1, -0.05) is 0 Å². The predicted octanol–water partition coefficient (Wildman–Crippen LogP) is 1.15. The summed E-state index contributed by atoms with van der Waals surface area (Å²) < 4.78 is 0. The summed E-state index contributed by atoms with van der Waals surface area (Å²) in [4.78, 5) is 0. The molecule has 0 amide bonds. The summed E-state index contributed by atoms with van der Waals surface area (Å²) in [5.74, 6) is 0. The summed E-state index contributed by atoms with van der Waals surface area (Å²) >= 11 is 0. The van der Waals surface area contributed by atoms with E-state index >= 15 is 0 Å². The van der Waals surface area contributed by atoms with Crippen molar-refractivity contribution in [2.24, 2.45) is 0 Å². The molecule has 0 bridgehead atoms. The fraction of sp³-hybridized carbons (Fsp3) is 1.00. The topological polar surface area (TPSA) is 351 Å². The van der Waals surface area contributed by atoms with E-state index < -0.39 is 0 Å². The van der Waals surface area contributed by atoms with Gasteiger partial charge in [-0.3, -0.25) is 0 Å². The van der Waals surface area contributed by atoms with Gasteiger partial charge in [0.25, 0.3) is 0 Å². The first-order valence-electron chi connectivity index (χ1n) is 16.3. The second-order valence-electron chi connectivity index (χ2n) is 12.5. The molecule has 0 aromatic rings. The van der Waals surface area contributed by atoms with Crippen LogP contribution >= 0.6 is 0 Å². The minimum absolute atomic E-state index is 0. The maximum atomic E-state index is 9.44. The first-order valence-corrected chi connectivity index (χ1v) is 16.3. The molecular formula is C27H57Al3N10O9. The molecule has 0 radical (unpaired) electrons. The van der Waals surface area contributed by atoms with Crippen molar-refractivity contribution < 1.29 is 0 Å². The van der Waals surface area contributed by atoms with Crippen LogP contribution in [0.25, 0.3) is 0 Å². The van der Waals surface area contributed by atoms with Crippen LogP contribution in [-0.2, 0) is 0 Å². The number of hydrogen-bond acceptors (Lipinski definition) is 19. The molecule has 0 unspecified atom stereocenters. The minimum Gasteiger partial charge on any atom is -0.788 e. The van der Waals surface area contributed by atoms with Gasteiger partial charge in [-0.15, -0.1) is 0 Å². The van der Waals surface area contributed by atoms with Crippen LogP contribution in [0.4, 0.5) is 0 Å². The van der Waals surface area contributed by atoms with Crippen LogP contribution in [0, 0.1) is 46.9 Å². The van der Waals surface area contributed by atoms with E-state index in [4.69, 9.17) is 0 Å². The summed E-state index contributed by atoms with van der Waals surface area (Å²) in [6.07, 6.45) is 19.6. The van der Waals surface area contributed by atoms with Crippen molar-refractivity contribution in [1.82, 2.24) is 55.5 Å². The number of hydroxylamine groups is 9. The smallest absolute Gasteiger partial charge is 0.788 e. The molecule has 12 N–H and O–H groups in total. The van der Waals surface area contributed by atoms with Gasteiger partial charge in [-0.25, -0.2) is 0 Å². The van der Waals surface area contributed by atoms with Crippen LogP contribution in [0.3, 0.4) is 0 Å². The fourth-order valence-electron chi connectivity index (χ4n) is 1.81. The van der Waals surface area contributed by atoms with E-state index in [1.165, 1.54) is 0 Å². The van der Waals surface area contributed by atoms with Gasteiger partial charge in [-0.2, -0.15) is 0 Å². The SMILES string of the molecule is N.[Al+3].[Al+3].[Al+3].[O-]NC1CC1.[O-]NC1CC1.[O-]NC1CC1.[O-]NC1CC1.[O-]NC1CC1.[O-]NC1CC1.[O-]NC1CC1.[O-]NC1CC1.[O-]NC1CC1. The Morgan fingerprint density at radius 3 is 0.265 bits per heavy atom. The Balaban J connectivity index is -0.000000230. The zero-order valence-corrected chi connectivity index (χ0v) is 32.0. The van der Waals surface area contributed by atoms with Crippen molar-refractivity contribution in [3.63, 3.8) is 0 Å². The van der Waals surface area contributed by atoms with Gasteiger partial charge < -0.3 is 102 Å². The monoisotopic (exact) mass is 746 g/mol. The van der Waals surface area contributed by atoms with Crippen molar-refractivity contribution in [1.29, 1.82) is 0 Å². The third kappa shape index (κ3) is 51.0. The maximum Gasteiger partial charge on any atom is 3.00 e. The molecule has 9 saturated carbocycles. The van der Waals surface area contributed by atoms with Gasteiger partial charge in [0.05, 0.1) is 0 Å². The molecule has 0 atom stereocenters. The molecule has 9 aliphatic rings. The van der Waals surface area contributed by atoms with Crippen LogP contribution in [0.5, 0.6) is 0 Å². The van der Waals surface area contributed by atoms with Crippen molar-refractivity contribution >= 4 is 52.1 Å². The number of rotatable bonds is 9. The molecule has 9 rings (SSSR count). The van der Waals surface area contributed by atoms with Crippen LogP contribution in [0.1, 0.15) is 116 Å². The van der Waals surface area contributed by atoms with Gasteiger partial charge in [0.2, 0.25) is 0 Å². The Kier molecular flexibility index (Phi) is 42.9. The quantitative estimate of drug-likeness (QED) is 0.117. The molecule has 0 aromatic carbocycles. The molecule has 0 heterocycles. The van der Waals surface area contributed by atoms with Gasteiger partial charge >= 0.3 is 52.1 Å². The molecule has 9 aliphatic carbocycles. The Hall–Kier alpha value is 0.837. The fourth-order valence-corrected chi connectivity index (χ4v) is 1.81. The third-order valence-electron chi connectivity index (χ3n) is 6.70. The molecule has 0 spiro atoms. The molecule has 49 heavy (non-hydrogen) atoms. The van der Waals surface area contributed by atoms with Crippen molar-refractivity contribution in [3.05, 3.63) is 46.9 Å². The summed E-state index contributed by atoms with van der Waals surface area (Å²) in [5.41, 5.74) is 17.0. The third-order valence-corrected chi connectivity index (χ3v) is 6.70. The maximum absolute atomic E-state index is 9.44. The van der Waals surface area contributed by atoms with E-state index in [0.717, 1.165) is 116 Å². The number of hydrogen-bond donors (Lipinski definition) is 10. The van der Waals surface area contributed by atoms with Crippen molar-refractivity contribution in [2.45, 2.75) is 170 Å². The molecule has 0 aromatic heterocycles. The Morgan fingerprint density at radius 1 is 0.204 bits per heavy atom. The zero-order valence-electron chi connectivity index (χ0n) is 28.5. The Labute approximate surface area is 323 Å². The van der Waals surface area contributed by atoms with Gasteiger partial charge in [0.15, 0.2) is 0 Å². The largest absolute Gasteiger partial charge is 3.00 e. The second-order valence-corrected chi connectivity index (χ2v) is 12.5. The standard InChI is InChI=1S/9C3H6NO.3Al.H3N/c9*5-4-3-1-2-3;;;;/h9*3-4H,1-2H2;;;;1H3/q9*-1;3*+3;. The average Bonchev–Trinajstić information content (AvgIpc) is 3.96. The zero-order chi connectivity index (χ0) is 33.3. The average molecular weight is 747 g/mol. The summed E-state index contributed by atoms with van der Waals surface area (Å²) in [7, 11) is 0.